The molecule has 0 atom stereocenters. The fraction of sp³-hybridized carbons (Fsp3) is 0.0667. The molecule has 0 bridgehead atoms. The lowest BCUT2D eigenvalue weighted by molar-refractivity contribution is 0.0947. The topological polar surface area (TPSA) is 80.9 Å². The first kappa shape index (κ1) is 14.4. The molecule has 6 nitrogen and oxygen atoms in total. The summed E-state index contributed by atoms with van der Waals surface area (Å²) in [6.45, 7) is 0.170. The Kier molecular flexibility index (Phi) is 4.24. The maximum Gasteiger partial charge on any atom is 0.251 e. The lowest BCUT2D eigenvalue weighted by Crippen LogP contribution is -2.22. The average molecular weight is 359 g/mol. The standard InChI is InChI=1S/C15H11BrN4O2/c16-12-3-1-2-11(8-12)14(21)18-9-13-19-20-15(22-13)10-4-6-17-7-5-10/h1-8H,9H2,(H,18,21). The minimum absolute atomic E-state index is 0.170. The van der Waals surface area contributed by atoms with Crippen LogP contribution in [0.25, 0.3) is 11.5 Å². The lowest BCUT2D eigenvalue weighted by Gasteiger charge is -2.02. The van der Waals surface area contributed by atoms with Crippen molar-refractivity contribution in [3.8, 4) is 11.5 Å². The molecule has 0 aliphatic carbocycles. The molecule has 0 spiro atoms. The van der Waals surface area contributed by atoms with Gasteiger partial charge >= 0.3 is 0 Å². The minimum atomic E-state index is -0.204. The number of aromatic nitrogens is 3. The first-order valence-electron chi connectivity index (χ1n) is 6.49. The fourth-order valence-corrected chi connectivity index (χ4v) is 2.22. The van der Waals surface area contributed by atoms with Gasteiger partial charge in [0, 0.05) is 28.0 Å². The van der Waals surface area contributed by atoms with Crippen molar-refractivity contribution < 1.29 is 9.21 Å². The van der Waals surface area contributed by atoms with Gasteiger partial charge in [-0.05, 0) is 30.3 Å². The molecule has 0 aliphatic heterocycles. The fourth-order valence-electron chi connectivity index (χ4n) is 1.82. The Morgan fingerprint density at radius 2 is 2.00 bits per heavy atom. The van der Waals surface area contributed by atoms with Crippen molar-refractivity contribution >= 4 is 21.8 Å². The Bertz CT molecular complexity index is 789. The molecule has 3 rings (SSSR count). The predicted molar refractivity (Wildman–Crippen MR) is 82.8 cm³/mol. The number of nitrogens with one attached hydrogen (secondary N) is 1. The van der Waals surface area contributed by atoms with Crippen molar-refractivity contribution in [1.29, 1.82) is 0 Å². The molecule has 22 heavy (non-hydrogen) atoms. The molecule has 110 valence electrons. The van der Waals surface area contributed by atoms with E-state index in [2.05, 4.69) is 36.4 Å². The van der Waals surface area contributed by atoms with Gasteiger partial charge in [-0.1, -0.05) is 22.0 Å². The van der Waals surface area contributed by atoms with Gasteiger partial charge in [-0.15, -0.1) is 10.2 Å². The molecule has 0 fully saturated rings. The summed E-state index contributed by atoms with van der Waals surface area (Å²) in [5.74, 6) is 0.536. The molecule has 2 aromatic heterocycles. The Hall–Kier alpha value is -2.54. The summed E-state index contributed by atoms with van der Waals surface area (Å²) in [6, 6.07) is 10.7. The maximum atomic E-state index is 12.0. The van der Waals surface area contributed by atoms with E-state index >= 15 is 0 Å². The van der Waals surface area contributed by atoms with E-state index < -0.39 is 0 Å². The molecule has 1 aromatic carbocycles. The van der Waals surface area contributed by atoms with Crippen molar-refractivity contribution in [2.75, 3.05) is 0 Å². The second kappa shape index (κ2) is 6.48. The molecule has 0 radical (unpaired) electrons. The van der Waals surface area contributed by atoms with E-state index in [0.717, 1.165) is 10.0 Å². The van der Waals surface area contributed by atoms with Crippen LogP contribution >= 0.6 is 15.9 Å². The summed E-state index contributed by atoms with van der Waals surface area (Å²) < 4.78 is 6.35. The zero-order valence-electron chi connectivity index (χ0n) is 11.4. The van der Waals surface area contributed by atoms with E-state index in [-0.39, 0.29) is 12.5 Å². The van der Waals surface area contributed by atoms with Gasteiger partial charge in [-0.3, -0.25) is 9.78 Å². The number of amides is 1. The Labute approximate surface area is 134 Å². The van der Waals surface area contributed by atoms with E-state index in [9.17, 15) is 4.79 Å². The second-order valence-corrected chi connectivity index (χ2v) is 5.35. The first-order valence-corrected chi connectivity index (χ1v) is 7.28. The van der Waals surface area contributed by atoms with Gasteiger partial charge in [0.25, 0.3) is 5.91 Å². The number of nitrogens with zero attached hydrogens (tertiary/aromatic N) is 3. The van der Waals surface area contributed by atoms with Crippen LogP contribution in [0.5, 0.6) is 0 Å². The van der Waals surface area contributed by atoms with E-state index in [1.807, 2.05) is 6.07 Å². The highest BCUT2D eigenvalue weighted by molar-refractivity contribution is 9.10. The molecule has 3 aromatic rings. The molecule has 0 aliphatic rings. The van der Waals surface area contributed by atoms with Gasteiger partial charge in [0.05, 0.1) is 6.54 Å². The van der Waals surface area contributed by atoms with Gasteiger partial charge < -0.3 is 9.73 Å². The number of benzene rings is 1. The number of hydrogen-bond acceptors (Lipinski definition) is 5. The lowest BCUT2D eigenvalue weighted by atomic mass is 10.2. The van der Waals surface area contributed by atoms with Crippen LogP contribution in [0.2, 0.25) is 0 Å². The molecule has 2 heterocycles. The van der Waals surface area contributed by atoms with E-state index in [4.69, 9.17) is 4.42 Å². The van der Waals surface area contributed by atoms with E-state index in [0.29, 0.717) is 17.3 Å². The Morgan fingerprint density at radius 1 is 1.18 bits per heavy atom. The summed E-state index contributed by atoms with van der Waals surface area (Å²) in [5.41, 5.74) is 1.34. The van der Waals surface area contributed by atoms with Crippen LogP contribution in [0.3, 0.4) is 0 Å². The largest absolute Gasteiger partial charge is 0.419 e. The van der Waals surface area contributed by atoms with E-state index in [1.165, 1.54) is 0 Å². The highest BCUT2D eigenvalue weighted by atomic mass is 79.9. The monoisotopic (exact) mass is 358 g/mol. The zero-order chi connectivity index (χ0) is 15.4. The van der Waals surface area contributed by atoms with Crippen LogP contribution < -0.4 is 5.32 Å². The highest BCUT2D eigenvalue weighted by Gasteiger charge is 2.10. The van der Waals surface area contributed by atoms with Gasteiger partial charge in [-0.25, -0.2) is 0 Å². The van der Waals surface area contributed by atoms with Gasteiger partial charge in [0.2, 0.25) is 11.8 Å². The third-order valence-electron chi connectivity index (χ3n) is 2.88. The van der Waals surface area contributed by atoms with Gasteiger partial charge in [0.15, 0.2) is 0 Å². The Morgan fingerprint density at radius 3 is 2.77 bits per heavy atom. The third-order valence-corrected chi connectivity index (χ3v) is 3.37. The zero-order valence-corrected chi connectivity index (χ0v) is 12.9. The summed E-state index contributed by atoms with van der Waals surface area (Å²) in [7, 11) is 0. The minimum Gasteiger partial charge on any atom is -0.419 e. The molecular formula is C15H11BrN4O2. The van der Waals surface area contributed by atoms with Crippen LogP contribution in [0.15, 0.2) is 57.7 Å². The van der Waals surface area contributed by atoms with Crippen LogP contribution in [0.4, 0.5) is 0 Å². The number of halogens is 1. The molecule has 7 heteroatoms. The van der Waals surface area contributed by atoms with Crippen LogP contribution in [0.1, 0.15) is 16.2 Å². The van der Waals surface area contributed by atoms with Crippen molar-refractivity contribution in [1.82, 2.24) is 20.5 Å². The number of carbonyl (C=O) groups is 1. The quantitative estimate of drug-likeness (QED) is 0.775. The Balaban J connectivity index is 1.65. The molecule has 0 unspecified atom stereocenters. The molecule has 1 N–H and O–H groups in total. The maximum absolute atomic E-state index is 12.0. The average Bonchev–Trinajstić information content (AvgIpc) is 3.02. The molecule has 0 saturated carbocycles. The summed E-state index contributed by atoms with van der Waals surface area (Å²) >= 11 is 3.33. The second-order valence-electron chi connectivity index (χ2n) is 4.43. The van der Waals surface area contributed by atoms with Crippen molar-refractivity contribution in [3.05, 3.63) is 64.7 Å². The normalized spacial score (nSPS) is 10.4. The van der Waals surface area contributed by atoms with Crippen molar-refractivity contribution in [2.45, 2.75) is 6.54 Å². The third kappa shape index (κ3) is 3.37. The highest BCUT2D eigenvalue weighted by Crippen LogP contribution is 2.16. The summed E-state index contributed by atoms with van der Waals surface area (Å²) in [5, 5.41) is 10.6. The summed E-state index contributed by atoms with van der Waals surface area (Å²) in [6.07, 6.45) is 3.29. The van der Waals surface area contributed by atoms with Gasteiger partial charge in [0.1, 0.15) is 0 Å². The van der Waals surface area contributed by atoms with Crippen molar-refractivity contribution in [3.63, 3.8) is 0 Å². The van der Waals surface area contributed by atoms with E-state index in [1.54, 1.807) is 42.7 Å². The van der Waals surface area contributed by atoms with Crippen LogP contribution in [0, 0.1) is 0 Å². The van der Waals surface area contributed by atoms with Crippen LogP contribution in [-0.2, 0) is 6.54 Å². The molecular weight excluding hydrogens is 348 g/mol. The summed E-state index contributed by atoms with van der Waals surface area (Å²) in [4.78, 5) is 15.9. The van der Waals surface area contributed by atoms with Crippen molar-refractivity contribution in [2.24, 2.45) is 0 Å². The SMILES string of the molecule is O=C(NCc1nnc(-c2ccncc2)o1)c1cccc(Br)c1. The molecule has 1 amide bonds. The smallest absolute Gasteiger partial charge is 0.251 e. The van der Waals surface area contributed by atoms with Crippen LogP contribution in [-0.4, -0.2) is 21.1 Å². The first-order chi connectivity index (χ1) is 10.7. The number of pyridine rings is 1. The molecule has 0 saturated heterocycles. The number of hydrogen-bond donors (Lipinski definition) is 1. The predicted octanol–water partition coefficient (Wildman–Crippen LogP) is 2.82. The number of rotatable bonds is 4. The number of carbonyl (C=O) groups excluding carboxylic acids is 1. The van der Waals surface area contributed by atoms with Gasteiger partial charge in [-0.2, -0.15) is 0 Å².